The minimum atomic E-state index is -0.828. The number of carboxylic acids is 1. The summed E-state index contributed by atoms with van der Waals surface area (Å²) in [4.78, 5) is 25.0. The average Bonchev–Trinajstić information content (AvgIpc) is 2.59. The van der Waals surface area contributed by atoms with Crippen LogP contribution in [0.5, 0.6) is 5.75 Å². The summed E-state index contributed by atoms with van der Waals surface area (Å²) in [6.07, 6.45) is 2.36. The second-order valence-electron chi connectivity index (χ2n) is 6.15. The van der Waals surface area contributed by atoms with Crippen LogP contribution in [-0.2, 0) is 9.59 Å². The molecule has 1 aliphatic heterocycles. The zero-order valence-electron chi connectivity index (χ0n) is 13.8. The number of carboxylic acid groups (broad SMARTS) is 1. The summed E-state index contributed by atoms with van der Waals surface area (Å²) in [7, 11) is 0. The predicted molar refractivity (Wildman–Crippen MR) is 87.6 cm³/mol. The molecule has 0 bridgehead atoms. The van der Waals surface area contributed by atoms with Crippen LogP contribution in [-0.4, -0.2) is 41.6 Å². The lowest BCUT2D eigenvalue weighted by atomic mass is 9.98. The molecule has 2 rings (SSSR count). The van der Waals surface area contributed by atoms with Gasteiger partial charge in [0.15, 0.2) is 6.61 Å². The Morgan fingerprint density at radius 2 is 2.13 bits per heavy atom. The SMILES string of the molecule is CCC(C)c1ccccc1OCC(=O)N1CCCC(C(=O)O)C1. The van der Waals surface area contributed by atoms with E-state index in [4.69, 9.17) is 9.84 Å². The number of para-hydroxylation sites is 1. The Labute approximate surface area is 137 Å². The lowest BCUT2D eigenvalue weighted by Crippen LogP contribution is -2.44. The molecule has 1 aromatic carbocycles. The molecule has 2 unspecified atom stereocenters. The highest BCUT2D eigenvalue weighted by molar-refractivity contribution is 5.79. The molecule has 23 heavy (non-hydrogen) atoms. The van der Waals surface area contributed by atoms with Gasteiger partial charge in [-0.2, -0.15) is 0 Å². The van der Waals surface area contributed by atoms with Crippen molar-refractivity contribution < 1.29 is 19.4 Å². The van der Waals surface area contributed by atoms with Crippen LogP contribution >= 0.6 is 0 Å². The Kier molecular flexibility index (Phi) is 6.02. The quantitative estimate of drug-likeness (QED) is 0.875. The van der Waals surface area contributed by atoms with E-state index in [9.17, 15) is 9.59 Å². The number of aliphatic carboxylic acids is 1. The van der Waals surface area contributed by atoms with Gasteiger partial charge in [0.05, 0.1) is 5.92 Å². The molecular formula is C18H25NO4. The van der Waals surface area contributed by atoms with Crippen molar-refractivity contribution in [2.45, 2.75) is 39.0 Å². The number of carbonyl (C=O) groups excluding carboxylic acids is 1. The lowest BCUT2D eigenvalue weighted by molar-refractivity contribution is -0.146. The van der Waals surface area contributed by atoms with Crippen LogP contribution in [0, 0.1) is 5.92 Å². The zero-order valence-corrected chi connectivity index (χ0v) is 13.8. The monoisotopic (exact) mass is 319 g/mol. The molecule has 1 N–H and O–H groups in total. The van der Waals surface area contributed by atoms with Crippen LogP contribution in [0.1, 0.15) is 44.6 Å². The van der Waals surface area contributed by atoms with Gasteiger partial charge in [-0.3, -0.25) is 9.59 Å². The van der Waals surface area contributed by atoms with Crippen molar-refractivity contribution in [1.29, 1.82) is 0 Å². The van der Waals surface area contributed by atoms with Gasteiger partial charge in [-0.1, -0.05) is 32.0 Å². The first-order chi connectivity index (χ1) is 11.0. The number of carbonyl (C=O) groups is 2. The Morgan fingerprint density at radius 1 is 1.39 bits per heavy atom. The predicted octanol–water partition coefficient (Wildman–Crippen LogP) is 2.90. The molecule has 126 valence electrons. The van der Waals surface area contributed by atoms with Gasteiger partial charge in [0.25, 0.3) is 5.91 Å². The highest BCUT2D eigenvalue weighted by Crippen LogP contribution is 2.28. The number of ether oxygens (including phenoxy) is 1. The van der Waals surface area contributed by atoms with E-state index < -0.39 is 11.9 Å². The third-order valence-electron chi connectivity index (χ3n) is 4.54. The molecule has 1 saturated heterocycles. The van der Waals surface area contributed by atoms with Gasteiger partial charge < -0.3 is 14.7 Å². The van der Waals surface area contributed by atoms with Crippen molar-refractivity contribution in [3.05, 3.63) is 29.8 Å². The topological polar surface area (TPSA) is 66.8 Å². The van der Waals surface area contributed by atoms with Crippen LogP contribution in [0.15, 0.2) is 24.3 Å². The second kappa shape index (κ2) is 7.99. The first-order valence-electron chi connectivity index (χ1n) is 8.25. The van der Waals surface area contributed by atoms with Gasteiger partial charge in [-0.05, 0) is 36.8 Å². The van der Waals surface area contributed by atoms with Crippen LogP contribution in [0.3, 0.4) is 0 Å². The molecule has 2 atom stereocenters. The molecular weight excluding hydrogens is 294 g/mol. The number of amides is 1. The van der Waals surface area contributed by atoms with Crippen LogP contribution in [0.25, 0.3) is 0 Å². The van der Waals surface area contributed by atoms with E-state index in [1.807, 2.05) is 24.3 Å². The minimum Gasteiger partial charge on any atom is -0.483 e. The number of hydrogen-bond donors (Lipinski definition) is 1. The standard InChI is InChI=1S/C18H25NO4/c1-3-13(2)15-8-4-5-9-16(15)23-12-17(20)19-10-6-7-14(11-19)18(21)22/h4-5,8-9,13-14H,3,6-7,10-12H2,1-2H3,(H,21,22). The van der Waals surface area contributed by atoms with Crippen LogP contribution < -0.4 is 4.74 Å². The third-order valence-corrected chi connectivity index (χ3v) is 4.54. The zero-order chi connectivity index (χ0) is 16.8. The van der Waals surface area contributed by atoms with Crippen molar-refractivity contribution in [3.63, 3.8) is 0 Å². The molecule has 5 heteroatoms. The second-order valence-corrected chi connectivity index (χ2v) is 6.15. The number of rotatable bonds is 6. The Hall–Kier alpha value is -2.04. The summed E-state index contributed by atoms with van der Waals surface area (Å²) in [5, 5.41) is 9.10. The molecule has 1 aliphatic rings. The summed E-state index contributed by atoms with van der Waals surface area (Å²) in [5.41, 5.74) is 1.10. The van der Waals surface area contributed by atoms with Crippen molar-refractivity contribution in [1.82, 2.24) is 4.90 Å². The van der Waals surface area contributed by atoms with Gasteiger partial charge in [-0.25, -0.2) is 0 Å². The molecule has 1 heterocycles. The maximum Gasteiger partial charge on any atom is 0.308 e. The third kappa shape index (κ3) is 4.47. The fourth-order valence-corrected chi connectivity index (χ4v) is 2.88. The Morgan fingerprint density at radius 3 is 2.83 bits per heavy atom. The summed E-state index contributed by atoms with van der Waals surface area (Å²) >= 11 is 0. The van der Waals surface area contributed by atoms with Crippen LogP contribution in [0.2, 0.25) is 0 Å². The highest BCUT2D eigenvalue weighted by atomic mass is 16.5. The maximum absolute atomic E-state index is 12.3. The van der Waals surface area contributed by atoms with Crippen LogP contribution in [0.4, 0.5) is 0 Å². The van der Waals surface area contributed by atoms with E-state index in [0.29, 0.717) is 18.9 Å². The van der Waals surface area contributed by atoms with Crippen molar-refractivity contribution in [2.75, 3.05) is 19.7 Å². The Bertz CT molecular complexity index is 558. The van der Waals surface area contributed by atoms with Gasteiger partial charge in [-0.15, -0.1) is 0 Å². The Balaban J connectivity index is 1.96. The number of piperidine rings is 1. The minimum absolute atomic E-state index is 0.0419. The van der Waals surface area contributed by atoms with Crippen molar-refractivity contribution in [3.8, 4) is 5.75 Å². The van der Waals surface area contributed by atoms with Gasteiger partial charge in [0.1, 0.15) is 5.75 Å². The summed E-state index contributed by atoms with van der Waals surface area (Å²) in [6.45, 7) is 5.10. The van der Waals surface area contributed by atoms with Crippen molar-refractivity contribution in [2.24, 2.45) is 5.92 Å². The maximum atomic E-state index is 12.3. The highest BCUT2D eigenvalue weighted by Gasteiger charge is 2.28. The summed E-state index contributed by atoms with van der Waals surface area (Å²) in [5.74, 6) is -0.324. The molecule has 5 nitrogen and oxygen atoms in total. The first kappa shape index (κ1) is 17.3. The molecule has 1 amide bonds. The van der Waals surface area contributed by atoms with Gasteiger partial charge in [0.2, 0.25) is 0 Å². The largest absolute Gasteiger partial charge is 0.483 e. The molecule has 0 aliphatic carbocycles. The van der Waals surface area contributed by atoms with Crippen molar-refractivity contribution >= 4 is 11.9 Å². The number of benzene rings is 1. The summed E-state index contributed by atoms with van der Waals surface area (Å²) < 4.78 is 5.73. The van der Waals surface area contributed by atoms with Gasteiger partial charge in [0, 0.05) is 13.1 Å². The fraction of sp³-hybridized carbons (Fsp3) is 0.556. The first-order valence-corrected chi connectivity index (χ1v) is 8.25. The van der Waals surface area contributed by atoms with E-state index in [-0.39, 0.29) is 19.1 Å². The smallest absolute Gasteiger partial charge is 0.308 e. The number of nitrogens with zero attached hydrogens (tertiary/aromatic N) is 1. The van der Waals surface area contributed by atoms with E-state index >= 15 is 0 Å². The lowest BCUT2D eigenvalue weighted by Gasteiger charge is -2.30. The summed E-state index contributed by atoms with van der Waals surface area (Å²) in [6, 6.07) is 7.77. The fourth-order valence-electron chi connectivity index (χ4n) is 2.88. The number of likely N-dealkylation sites (tertiary alicyclic amines) is 1. The molecule has 1 aromatic rings. The van der Waals surface area contributed by atoms with E-state index in [1.54, 1.807) is 4.90 Å². The number of hydrogen-bond acceptors (Lipinski definition) is 3. The molecule has 0 radical (unpaired) electrons. The molecule has 0 spiro atoms. The van der Waals surface area contributed by atoms with Gasteiger partial charge >= 0.3 is 5.97 Å². The molecule has 0 saturated carbocycles. The molecule has 1 fully saturated rings. The normalized spacial score (nSPS) is 19.2. The van der Waals surface area contributed by atoms with E-state index in [2.05, 4.69) is 13.8 Å². The van der Waals surface area contributed by atoms with E-state index in [0.717, 1.165) is 24.2 Å². The van der Waals surface area contributed by atoms with E-state index in [1.165, 1.54) is 0 Å². The average molecular weight is 319 g/mol. The molecule has 0 aromatic heterocycles.